The highest BCUT2D eigenvalue weighted by Gasteiger charge is 2.38. The average molecular weight is 642 g/mol. The summed E-state index contributed by atoms with van der Waals surface area (Å²) in [5.74, 6) is -2.04. The Labute approximate surface area is 272 Å². The lowest BCUT2D eigenvalue weighted by Gasteiger charge is -2.35. The minimum Gasteiger partial charge on any atom is -0.508 e. The van der Waals surface area contributed by atoms with Crippen molar-refractivity contribution in [2.24, 2.45) is 5.92 Å². The van der Waals surface area contributed by atoms with E-state index in [4.69, 9.17) is 9.47 Å². The predicted molar refractivity (Wildman–Crippen MR) is 175 cm³/mol. The van der Waals surface area contributed by atoms with Gasteiger partial charge >= 0.3 is 12.1 Å². The number of aliphatic hydroxyl groups excluding tert-OH is 1. The number of phenols is 1. The quantitative estimate of drug-likeness (QED) is 0.232. The van der Waals surface area contributed by atoms with Gasteiger partial charge in [0.15, 0.2) is 0 Å². The number of hydrogen-bond donors (Lipinski definition) is 4. The zero-order valence-corrected chi connectivity index (χ0v) is 28.5. The number of hydrogen-bond acceptors (Lipinski definition) is 8. The number of nitrogens with zero attached hydrogens (tertiary/aromatic N) is 1. The lowest BCUT2D eigenvalue weighted by Crippen LogP contribution is -2.55. The van der Waals surface area contributed by atoms with Crippen LogP contribution in [0, 0.1) is 12.8 Å². The van der Waals surface area contributed by atoms with Gasteiger partial charge in [-0.2, -0.15) is 0 Å². The normalized spacial score (nSPS) is 13.7. The van der Waals surface area contributed by atoms with Crippen LogP contribution in [-0.2, 0) is 30.3 Å². The summed E-state index contributed by atoms with van der Waals surface area (Å²) in [6, 6.07) is 10.0. The number of alkyl carbamates (subject to hydrolysis) is 1. The fraction of sp³-hybridized carbons (Fsp3) is 0.543. The van der Waals surface area contributed by atoms with Crippen molar-refractivity contribution in [3.8, 4) is 5.75 Å². The van der Waals surface area contributed by atoms with Gasteiger partial charge in [-0.1, -0.05) is 50.2 Å². The lowest BCUT2D eigenvalue weighted by atomic mass is 9.97. The number of ether oxygens (including phenoxy) is 2. The van der Waals surface area contributed by atoms with Crippen LogP contribution in [0.4, 0.5) is 4.79 Å². The van der Waals surface area contributed by atoms with Crippen molar-refractivity contribution in [2.75, 3.05) is 13.2 Å². The molecule has 0 spiro atoms. The van der Waals surface area contributed by atoms with Gasteiger partial charge in [0.1, 0.15) is 35.1 Å². The van der Waals surface area contributed by atoms with E-state index in [1.807, 2.05) is 44.2 Å². The van der Waals surface area contributed by atoms with Crippen molar-refractivity contribution in [1.82, 2.24) is 15.5 Å². The first-order chi connectivity index (χ1) is 21.3. The Kier molecular flexibility index (Phi) is 13.6. The molecule has 0 saturated heterocycles. The van der Waals surface area contributed by atoms with Crippen LogP contribution >= 0.6 is 0 Å². The summed E-state index contributed by atoms with van der Waals surface area (Å²) < 4.78 is 11.1. The van der Waals surface area contributed by atoms with Crippen LogP contribution in [0.25, 0.3) is 0 Å². The SMILES string of the molecule is Cc1cc(C(C(=O)NC(Cc2ccccc2)C(=O)OC(C)(C)C)N(CCO)C(=O)C(CC(C)C)NC(=O)OC(C)(C)C)ccc1O. The molecular weight excluding hydrogens is 590 g/mol. The summed E-state index contributed by atoms with van der Waals surface area (Å²) in [5.41, 5.74) is -0.0944. The zero-order valence-electron chi connectivity index (χ0n) is 28.5. The molecule has 0 aromatic heterocycles. The molecule has 4 N–H and O–H groups in total. The third-order valence-electron chi connectivity index (χ3n) is 6.71. The molecule has 2 aromatic rings. The first kappa shape index (κ1) is 38.1. The van der Waals surface area contributed by atoms with Gasteiger partial charge in [-0.05, 0) is 89.6 Å². The van der Waals surface area contributed by atoms with Crippen LogP contribution in [0.15, 0.2) is 48.5 Å². The van der Waals surface area contributed by atoms with Gasteiger partial charge in [0, 0.05) is 13.0 Å². The Bertz CT molecular complexity index is 1330. The van der Waals surface area contributed by atoms with E-state index in [0.717, 1.165) is 5.56 Å². The molecule has 0 bridgehead atoms. The van der Waals surface area contributed by atoms with Crippen LogP contribution < -0.4 is 10.6 Å². The van der Waals surface area contributed by atoms with E-state index in [2.05, 4.69) is 10.6 Å². The number of nitrogens with one attached hydrogen (secondary N) is 2. The standard InChI is InChI=1S/C35H51N3O8/c1-22(2)19-26(37-33(44)46-35(7,8)9)31(42)38(17-18-39)29(25-15-16-28(40)23(3)20-25)30(41)36-27(32(43)45-34(4,5)6)21-24-13-11-10-12-14-24/h10-16,20,22,26-27,29,39-40H,17-19,21H2,1-9H3,(H,36,41)(H,37,44). The highest BCUT2D eigenvalue weighted by molar-refractivity contribution is 5.94. The summed E-state index contributed by atoms with van der Waals surface area (Å²) in [7, 11) is 0. The molecule has 0 aliphatic heterocycles. The number of aromatic hydroxyl groups is 1. The van der Waals surface area contributed by atoms with Crippen molar-refractivity contribution in [3.05, 3.63) is 65.2 Å². The number of aryl methyl sites for hydroxylation is 1. The van der Waals surface area contributed by atoms with E-state index in [0.29, 0.717) is 11.1 Å². The maximum atomic E-state index is 14.3. The van der Waals surface area contributed by atoms with Crippen LogP contribution in [0.5, 0.6) is 5.75 Å². The van der Waals surface area contributed by atoms with Gasteiger partial charge in [-0.15, -0.1) is 0 Å². The lowest BCUT2D eigenvalue weighted by molar-refractivity contribution is -0.159. The Morgan fingerprint density at radius 3 is 2.00 bits per heavy atom. The molecule has 2 aromatic carbocycles. The van der Waals surface area contributed by atoms with Crippen molar-refractivity contribution >= 4 is 23.9 Å². The third kappa shape index (κ3) is 12.3. The molecule has 0 saturated carbocycles. The van der Waals surface area contributed by atoms with Gasteiger partial charge in [-0.3, -0.25) is 9.59 Å². The van der Waals surface area contributed by atoms with E-state index < -0.39 is 59.8 Å². The van der Waals surface area contributed by atoms with Crippen molar-refractivity contribution in [2.45, 2.75) is 104 Å². The molecule has 0 aliphatic carbocycles. The third-order valence-corrected chi connectivity index (χ3v) is 6.71. The average Bonchev–Trinajstić information content (AvgIpc) is 2.92. The molecule has 3 unspecified atom stereocenters. The summed E-state index contributed by atoms with van der Waals surface area (Å²) in [4.78, 5) is 55.9. The maximum absolute atomic E-state index is 14.3. The van der Waals surface area contributed by atoms with E-state index in [1.54, 1.807) is 54.5 Å². The molecule has 3 atom stereocenters. The second-order valence-corrected chi connectivity index (χ2v) is 13.8. The minimum atomic E-state index is -1.35. The van der Waals surface area contributed by atoms with Crippen LogP contribution in [0.3, 0.4) is 0 Å². The number of amides is 3. The van der Waals surface area contributed by atoms with E-state index in [1.165, 1.54) is 17.0 Å². The number of benzene rings is 2. The van der Waals surface area contributed by atoms with Gasteiger partial charge in [0.05, 0.1) is 6.61 Å². The predicted octanol–water partition coefficient (Wildman–Crippen LogP) is 4.57. The molecule has 0 aliphatic rings. The second kappa shape index (κ2) is 16.4. The van der Waals surface area contributed by atoms with Gasteiger partial charge in [0.25, 0.3) is 0 Å². The molecule has 0 fully saturated rings. The fourth-order valence-corrected chi connectivity index (χ4v) is 4.81. The summed E-state index contributed by atoms with van der Waals surface area (Å²) in [6.45, 7) is 14.9. The summed E-state index contributed by atoms with van der Waals surface area (Å²) in [5, 5.41) is 25.8. The minimum absolute atomic E-state index is 0.0112. The van der Waals surface area contributed by atoms with Crippen molar-refractivity contribution in [3.63, 3.8) is 0 Å². The largest absolute Gasteiger partial charge is 0.508 e. The number of esters is 1. The molecular formula is C35H51N3O8. The highest BCUT2D eigenvalue weighted by Crippen LogP contribution is 2.28. The fourth-order valence-electron chi connectivity index (χ4n) is 4.81. The first-order valence-electron chi connectivity index (χ1n) is 15.6. The molecule has 11 nitrogen and oxygen atoms in total. The number of aliphatic hydroxyl groups is 1. The Morgan fingerprint density at radius 2 is 1.48 bits per heavy atom. The molecule has 0 heterocycles. The van der Waals surface area contributed by atoms with Crippen molar-refractivity contribution in [1.29, 1.82) is 0 Å². The summed E-state index contributed by atoms with van der Waals surface area (Å²) in [6.07, 6.45) is -0.463. The Hall–Kier alpha value is -4.12. The van der Waals surface area contributed by atoms with Gasteiger partial charge in [0.2, 0.25) is 11.8 Å². The zero-order chi connectivity index (χ0) is 34.8. The monoisotopic (exact) mass is 641 g/mol. The van der Waals surface area contributed by atoms with Crippen LogP contribution in [0.2, 0.25) is 0 Å². The van der Waals surface area contributed by atoms with Crippen LogP contribution in [-0.4, -0.2) is 75.4 Å². The molecule has 254 valence electrons. The summed E-state index contributed by atoms with van der Waals surface area (Å²) >= 11 is 0. The molecule has 11 heteroatoms. The second-order valence-electron chi connectivity index (χ2n) is 13.8. The topological polar surface area (TPSA) is 154 Å². The molecule has 3 amide bonds. The molecule has 46 heavy (non-hydrogen) atoms. The molecule has 0 radical (unpaired) electrons. The van der Waals surface area contributed by atoms with Crippen LogP contribution in [0.1, 0.15) is 84.5 Å². The highest BCUT2D eigenvalue weighted by atomic mass is 16.6. The first-order valence-corrected chi connectivity index (χ1v) is 15.6. The van der Waals surface area contributed by atoms with E-state index >= 15 is 0 Å². The van der Waals surface area contributed by atoms with E-state index in [9.17, 15) is 29.4 Å². The molecule has 2 rings (SSSR count). The number of phenolic OH excluding ortho intramolecular Hbond substituents is 1. The maximum Gasteiger partial charge on any atom is 0.408 e. The number of carbonyl (C=O) groups is 4. The van der Waals surface area contributed by atoms with E-state index in [-0.39, 0.29) is 31.1 Å². The van der Waals surface area contributed by atoms with Gasteiger partial charge in [-0.25, -0.2) is 9.59 Å². The Balaban J connectivity index is 2.61. The van der Waals surface area contributed by atoms with Crippen molar-refractivity contribution < 1.29 is 38.9 Å². The Morgan fingerprint density at radius 1 is 0.870 bits per heavy atom. The number of carbonyl (C=O) groups excluding carboxylic acids is 4. The smallest absolute Gasteiger partial charge is 0.408 e. The van der Waals surface area contributed by atoms with Gasteiger partial charge < -0.3 is 35.2 Å². The number of rotatable bonds is 13.